The molecule has 0 amide bonds. The summed E-state index contributed by atoms with van der Waals surface area (Å²) in [5.74, 6) is 3.38. The molecule has 4 heterocycles. The fraction of sp³-hybridized carbons (Fsp3) is 0.389. The first-order chi connectivity index (χ1) is 12.8. The fourth-order valence-electron chi connectivity index (χ4n) is 3.09. The van der Waals surface area contributed by atoms with Crippen molar-refractivity contribution >= 4 is 17.3 Å². The molecule has 1 fully saturated rings. The lowest BCUT2D eigenvalue weighted by atomic mass is 10.0. The van der Waals surface area contributed by atoms with Crippen molar-refractivity contribution < 1.29 is 9.47 Å². The molecular weight excluding hydrogens is 332 g/mol. The summed E-state index contributed by atoms with van der Waals surface area (Å²) in [4.78, 5) is 6.80. The van der Waals surface area contributed by atoms with Gasteiger partial charge in [-0.15, -0.1) is 10.2 Å². The molecule has 3 aromatic rings. The van der Waals surface area contributed by atoms with Gasteiger partial charge in [-0.25, -0.2) is 4.98 Å². The number of anilines is 2. The molecule has 3 aromatic heterocycles. The van der Waals surface area contributed by atoms with E-state index in [9.17, 15) is 0 Å². The highest BCUT2D eigenvalue weighted by Gasteiger charge is 2.26. The Morgan fingerprint density at radius 3 is 2.96 bits per heavy atom. The van der Waals surface area contributed by atoms with Crippen LogP contribution in [0, 0.1) is 5.92 Å². The van der Waals surface area contributed by atoms with E-state index >= 15 is 0 Å². The Hall–Kier alpha value is -2.87. The van der Waals surface area contributed by atoms with Crippen LogP contribution in [-0.4, -0.2) is 57.8 Å². The van der Waals surface area contributed by atoms with Crippen LogP contribution in [0.3, 0.4) is 0 Å². The monoisotopic (exact) mass is 354 g/mol. The lowest BCUT2D eigenvalue weighted by molar-refractivity contribution is 0.0662. The first-order valence-corrected chi connectivity index (χ1v) is 8.71. The Labute approximate surface area is 151 Å². The van der Waals surface area contributed by atoms with Crippen LogP contribution in [0.2, 0.25) is 0 Å². The molecule has 26 heavy (non-hydrogen) atoms. The van der Waals surface area contributed by atoms with Gasteiger partial charge in [-0.05, 0) is 18.7 Å². The van der Waals surface area contributed by atoms with Crippen molar-refractivity contribution in [3.8, 4) is 11.5 Å². The molecule has 0 bridgehead atoms. The summed E-state index contributed by atoms with van der Waals surface area (Å²) in [6.45, 7) is 6.13. The van der Waals surface area contributed by atoms with Crippen molar-refractivity contribution in [2.75, 3.05) is 38.7 Å². The van der Waals surface area contributed by atoms with Crippen LogP contribution in [-0.2, 0) is 0 Å². The number of fused-ring (bicyclic) bond motifs is 1. The Morgan fingerprint density at radius 1 is 1.27 bits per heavy atom. The highest BCUT2D eigenvalue weighted by atomic mass is 16.5. The Kier molecular flexibility index (Phi) is 4.57. The quantitative estimate of drug-likeness (QED) is 0.697. The zero-order chi connectivity index (χ0) is 17.9. The standard InChI is InChI=1S/C18H22N6O2/c1-3-23-9-13(10-23)11-26-14-7-16(19-8-15(14)25-2)21-17-5-4-6-18-22-20-12-24(17)18/h4-8,12-13H,3,9-11H2,1-2H3,(H,19,21). The van der Waals surface area contributed by atoms with Gasteiger partial charge in [0.1, 0.15) is 18.0 Å². The van der Waals surface area contributed by atoms with Crippen molar-refractivity contribution in [1.29, 1.82) is 0 Å². The molecule has 1 saturated heterocycles. The number of nitrogens with one attached hydrogen (secondary N) is 1. The molecule has 1 aliphatic heterocycles. The number of hydrogen-bond donors (Lipinski definition) is 1. The summed E-state index contributed by atoms with van der Waals surface area (Å²) in [6.07, 6.45) is 3.33. The lowest BCUT2D eigenvalue weighted by Gasteiger charge is -2.38. The summed E-state index contributed by atoms with van der Waals surface area (Å²) in [5, 5.41) is 11.3. The second-order valence-electron chi connectivity index (χ2n) is 6.34. The number of ether oxygens (including phenoxy) is 2. The predicted octanol–water partition coefficient (Wildman–Crippen LogP) is 2.21. The number of likely N-dealkylation sites (tertiary alicyclic amines) is 1. The molecule has 0 aromatic carbocycles. The highest BCUT2D eigenvalue weighted by molar-refractivity contribution is 5.59. The molecular formula is C18H22N6O2. The third-order valence-electron chi connectivity index (χ3n) is 4.60. The van der Waals surface area contributed by atoms with E-state index in [-0.39, 0.29) is 0 Å². The first kappa shape index (κ1) is 16.6. The van der Waals surface area contributed by atoms with Crippen LogP contribution in [0.5, 0.6) is 11.5 Å². The Bertz CT molecular complexity index is 890. The lowest BCUT2D eigenvalue weighted by Crippen LogP contribution is -2.48. The minimum absolute atomic E-state index is 0.565. The smallest absolute Gasteiger partial charge is 0.179 e. The van der Waals surface area contributed by atoms with E-state index in [0.717, 1.165) is 31.1 Å². The van der Waals surface area contributed by atoms with Gasteiger partial charge in [0.2, 0.25) is 0 Å². The molecule has 1 N–H and O–H groups in total. The van der Waals surface area contributed by atoms with E-state index in [0.29, 0.717) is 29.8 Å². The molecule has 8 nitrogen and oxygen atoms in total. The minimum atomic E-state index is 0.565. The Morgan fingerprint density at radius 2 is 2.15 bits per heavy atom. The predicted molar refractivity (Wildman–Crippen MR) is 98.2 cm³/mol. The van der Waals surface area contributed by atoms with Gasteiger partial charge >= 0.3 is 0 Å². The summed E-state index contributed by atoms with van der Waals surface area (Å²) in [5.41, 5.74) is 0.769. The SMILES string of the molecule is CCN1CC(COc2cc(Nc3cccc4nncn34)ncc2OC)C1. The largest absolute Gasteiger partial charge is 0.491 e. The van der Waals surface area contributed by atoms with Gasteiger partial charge in [0.15, 0.2) is 17.1 Å². The summed E-state index contributed by atoms with van der Waals surface area (Å²) in [7, 11) is 1.62. The summed E-state index contributed by atoms with van der Waals surface area (Å²) < 4.78 is 13.3. The molecule has 0 spiro atoms. The molecule has 0 saturated carbocycles. The van der Waals surface area contributed by atoms with Crippen LogP contribution in [0.15, 0.2) is 36.8 Å². The van der Waals surface area contributed by atoms with E-state index < -0.39 is 0 Å². The maximum absolute atomic E-state index is 6.01. The van der Waals surface area contributed by atoms with Gasteiger partial charge in [-0.2, -0.15) is 0 Å². The van der Waals surface area contributed by atoms with Gasteiger partial charge in [-0.3, -0.25) is 4.40 Å². The second kappa shape index (κ2) is 7.17. The van der Waals surface area contributed by atoms with Gasteiger partial charge in [0.05, 0.1) is 19.9 Å². The van der Waals surface area contributed by atoms with Gasteiger partial charge in [0.25, 0.3) is 0 Å². The summed E-state index contributed by atoms with van der Waals surface area (Å²) in [6, 6.07) is 7.62. The van der Waals surface area contributed by atoms with Crippen LogP contribution in [0.1, 0.15) is 6.92 Å². The van der Waals surface area contributed by atoms with Crippen LogP contribution in [0.25, 0.3) is 5.65 Å². The molecule has 136 valence electrons. The molecule has 0 atom stereocenters. The fourth-order valence-corrected chi connectivity index (χ4v) is 3.09. The number of methoxy groups -OCH3 is 1. The molecule has 0 radical (unpaired) electrons. The number of aromatic nitrogens is 4. The van der Waals surface area contributed by atoms with Crippen molar-refractivity contribution in [2.24, 2.45) is 5.92 Å². The summed E-state index contributed by atoms with van der Waals surface area (Å²) >= 11 is 0. The molecule has 0 unspecified atom stereocenters. The number of pyridine rings is 2. The zero-order valence-electron chi connectivity index (χ0n) is 14.9. The van der Waals surface area contributed by atoms with E-state index in [1.165, 1.54) is 0 Å². The van der Waals surface area contributed by atoms with Crippen LogP contribution < -0.4 is 14.8 Å². The maximum atomic E-state index is 6.01. The molecule has 4 rings (SSSR count). The number of rotatable bonds is 7. The molecule has 1 aliphatic rings. The normalized spacial score (nSPS) is 15.0. The Balaban J connectivity index is 1.49. The van der Waals surface area contributed by atoms with Crippen molar-refractivity contribution in [3.63, 3.8) is 0 Å². The average molecular weight is 354 g/mol. The van der Waals surface area contributed by atoms with Crippen LogP contribution in [0.4, 0.5) is 11.6 Å². The van der Waals surface area contributed by atoms with E-state index in [4.69, 9.17) is 9.47 Å². The van der Waals surface area contributed by atoms with Gasteiger partial charge in [-0.1, -0.05) is 13.0 Å². The average Bonchev–Trinajstić information content (AvgIpc) is 3.11. The number of nitrogens with zero attached hydrogens (tertiary/aromatic N) is 5. The minimum Gasteiger partial charge on any atom is -0.491 e. The van der Waals surface area contributed by atoms with Gasteiger partial charge in [0, 0.05) is 25.1 Å². The van der Waals surface area contributed by atoms with Crippen molar-refractivity contribution in [3.05, 3.63) is 36.8 Å². The van der Waals surface area contributed by atoms with E-state index in [1.54, 1.807) is 19.6 Å². The van der Waals surface area contributed by atoms with E-state index in [2.05, 4.69) is 32.3 Å². The maximum Gasteiger partial charge on any atom is 0.179 e. The second-order valence-corrected chi connectivity index (χ2v) is 6.34. The highest BCUT2D eigenvalue weighted by Crippen LogP contribution is 2.30. The topological polar surface area (TPSA) is 76.8 Å². The number of hydrogen-bond acceptors (Lipinski definition) is 7. The molecule has 8 heteroatoms. The van der Waals surface area contributed by atoms with Crippen molar-refractivity contribution in [1.82, 2.24) is 24.5 Å². The molecule has 0 aliphatic carbocycles. The van der Waals surface area contributed by atoms with E-state index in [1.807, 2.05) is 28.7 Å². The third-order valence-corrected chi connectivity index (χ3v) is 4.60. The van der Waals surface area contributed by atoms with Gasteiger partial charge < -0.3 is 19.7 Å². The van der Waals surface area contributed by atoms with Crippen molar-refractivity contribution in [2.45, 2.75) is 6.92 Å². The third kappa shape index (κ3) is 3.28. The first-order valence-electron chi connectivity index (χ1n) is 8.71. The van der Waals surface area contributed by atoms with Crippen LogP contribution >= 0.6 is 0 Å². The zero-order valence-corrected chi connectivity index (χ0v) is 14.9.